The van der Waals surface area contributed by atoms with Gasteiger partial charge < -0.3 is 10.1 Å². The van der Waals surface area contributed by atoms with Crippen LogP contribution in [-0.2, 0) is 6.54 Å². The van der Waals surface area contributed by atoms with E-state index >= 15 is 0 Å². The van der Waals surface area contributed by atoms with Gasteiger partial charge in [-0.15, -0.1) is 0 Å². The number of carbonyl (C=O) groups is 1. The molecule has 0 aliphatic carbocycles. The van der Waals surface area contributed by atoms with Crippen LogP contribution in [-0.4, -0.2) is 13.0 Å². The fraction of sp³-hybridized carbons (Fsp3) is 0.133. The first-order chi connectivity index (χ1) is 9.60. The van der Waals surface area contributed by atoms with Gasteiger partial charge in [-0.3, -0.25) is 4.79 Å². The Balaban J connectivity index is 2.00. The normalized spacial score (nSPS) is 10.2. The SMILES string of the molecule is COc1ccc(CNC(=O)c2ccc(Br)cc2F)cc1. The molecule has 0 saturated carbocycles. The van der Waals surface area contributed by atoms with E-state index in [0.29, 0.717) is 11.0 Å². The second-order valence-electron chi connectivity index (χ2n) is 4.15. The van der Waals surface area contributed by atoms with E-state index in [-0.39, 0.29) is 5.56 Å². The molecule has 0 aliphatic rings. The van der Waals surface area contributed by atoms with Crippen molar-refractivity contribution in [2.24, 2.45) is 0 Å². The molecule has 104 valence electrons. The van der Waals surface area contributed by atoms with Crippen molar-refractivity contribution in [1.29, 1.82) is 0 Å². The molecule has 0 aliphatic heterocycles. The lowest BCUT2D eigenvalue weighted by Gasteiger charge is -2.07. The zero-order valence-electron chi connectivity index (χ0n) is 10.8. The Kier molecular flexibility index (Phi) is 4.74. The van der Waals surface area contributed by atoms with Crippen LogP contribution in [0.1, 0.15) is 15.9 Å². The molecule has 2 rings (SSSR count). The number of hydrogen-bond donors (Lipinski definition) is 1. The van der Waals surface area contributed by atoms with Crippen LogP contribution in [0.3, 0.4) is 0 Å². The van der Waals surface area contributed by atoms with Crippen molar-refractivity contribution in [1.82, 2.24) is 5.32 Å². The Morgan fingerprint density at radius 2 is 1.95 bits per heavy atom. The molecule has 0 aromatic heterocycles. The summed E-state index contributed by atoms with van der Waals surface area (Å²) in [6.45, 7) is 0.332. The van der Waals surface area contributed by atoms with E-state index < -0.39 is 11.7 Å². The standard InChI is InChI=1S/C15H13BrFNO2/c1-20-12-5-2-10(3-6-12)9-18-15(19)13-7-4-11(16)8-14(13)17/h2-8H,9H2,1H3,(H,18,19). The second-order valence-corrected chi connectivity index (χ2v) is 5.07. The van der Waals surface area contributed by atoms with E-state index in [0.717, 1.165) is 11.3 Å². The summed E-state index contributed by atoms with van der Waals surface area (Å²) in [5, 5.41) is 2.68. The van der Waals surface area contributed by atoms with E-state index in [1.165, 1.54) is 12.1 Å². The molecule has 1 amide bonds. The van der Waals surface area contributed by atoms with Gasteiger partial charge in [-0.1, -0.05) is 28.1 Å². The highest BCUT2D eigenvalue weighted by molar-refractivity contribution is 9.10. The largest absolute Gasteiger partial charge is 0.497 e. The summed E-state index contributed by atoms with van der Waals surface area (Å²) in [6.07, 6.45) is 0. The van der Waals surface area contributed by atoms with E-state index in [1.807, 2.05) is 24.3 Å². The van der Waals surface area contributed by atoms with Gasteiger partial charge in [0.05, 0.1) is 12.7 Å². The third-order valence-corrected chi connectivity index (χ3v) is 3.28. The first kappa shape index (κ1) is 14.5. The van der Waals surface area contributed by atoms with Gasteiger partial charge in [0.15, 0.2) is 0 Å². The molecule has 1 N–H and O–H groups in total. The van der Waals surface area contributed by atoms with Crippen molar-refractivity contribution in [3.05, 3.63) is 63.9 Å². The van der Waals surface area contributed by atoms with Crippen LogP contribution in [0.25, 0.3) is 0 Å². The van der Waals surface area contributed by atoms with Gasteiger partial charge in [-0.2, -0.15) is 0 Å². The van der Waals surface area contributed by atoms with Crippen LogP contribution in [0.2, 0.25) is 0 Å². The number of halogens is 2. The summed E-state index contributed by atoms with van der Waals surface area (Å²) < 4.78 is 19.3. The maximum Gasteiger partial charge on any atom is 0.254 e. The average Bonchev–Trinajstić information content (AvgIpc) is 2.45. The summed E-state index contributed by atoms with van der Waals surface area (Å²) in [5.74, 6) is -0.239. The van der Waals surface area contributed by atoms with Crippen molar-refractivity contribution < 1.29 is 13.9 Å². The van der Waals surface area contributed by atoms with E-state index in [9.17, 15) is 9.18 Å². The minimum Gasteiger partial charge on any atom is -0.497 e. The minimum atomic E-state index is -0.549. The number of hydrogen-bond acceptors (Lipinski definition) is 2. The molecule has 0 heterocycles. The average molecular weight is 338 g/mol. The highest BCUT2D eigenvalue weighted by Gasteiger charge is 2.11. The highest BCUT2D eigenvalue weighted by atomic mass is 79.9. The topological polar surface area (TPSA) is 38.3 Å². The summed E-state index contributed by atoms with van der Waals surface area (Å²) >= 11 is 3.15. The highest BCUT2D eigenvalue weighted by Crippen LogP contribution is 2.15. The second kappa shape index (κ2) is 6.52. The molecule has 20 heavy (non-hydrogen) atoms. The monoisotopic (exact) mass is 337 g/mol. The molecule has 0 unspecified atom stereocenters. The molecule has 2 aromatic carbocycles. The lowest BCUT2D eigenvalue weighted by molar-refractivity contribution is 0.0947. The van der Waals surface area contributed by atoms with Crippen LogP contribution in [0, 0.1) is 5.82 Å². The third kappa shape index (κ3) is 3.57. The number of nitrogens with one attached hydrogen (secondary N) is 1. The Labute approximate surface area is 124 Å². The molecule has 0 spiro atoms. The summed E-state index contributed by atoms with van der Waals surface area (Å²) in [4.78, 5) is 11.9. The quantitative estimate of drug-likeness (QED) is 0.926. The number of rotatable bonds is 4. The molecule has 5 heteroatoms. The van der Waals surface area contributed by atoms with Gasteiger partial charge in [-0.05, 0) is 35.9 Å². The summed E-state index contributed by atoms with van der Waals surface area (Å²) in [7, 11) is 1.59. The molecule has 0 fully saturated rings. The van der Waals surface area contributed by atoms with E-state index in [4.69, 9.17) is 4.74 Å². The first-order valence-corrected chi connectivity index (χ1v) is 6.75. The Hall–Kier alpha value is -1.88. The Morgan fingerprint density at radius 1 is 1.25 bits per heavy atom. The smallest absolute Gasteiger partial charge is 0.254 e. The zero-order valence-corrected chi connectivity index (χ0v) is 12.4. The van der Waals surface area contributed by atoms with Crippen molar-refractivity contribution in [3.63, 3.8) is 0 Å². The molecule has 0 atom stereocenters. The van der Waals surface area contributed by atoms with Crippen LogP contribution in [0.4, 0.5) is 4.39 Å². The number of ether oxygens (including phenoxy) is 1. The number of amides is 1. The molecular formula is C15H13BrFNO2. The molecule has 3 nitrogen and oxygen atoms in total. The van der Waals surface area contributed by atoms with E-state index in [2.05, 4.69) is 21.2 Å². The van der Waals surface area contributed by atoms with Crippen molar-refractivity contribution in [2.75, 3.05) is 7.11 Å². The van der Waals surface area contributed by atoms with Crippen molar-refractivity contribution in [3.8, 4) is 5.75 Å². The van der Waals surface area contributed by atoms with Crippen molar-refractivity contribution >= 4 is 21.8 Å². The third-order valence-electron chi connectivity index (χ3n) is 2.79. The summed E-state index contributed by atoms with van der Waals surface area (Å²) in [5.41, 5.74) is 0.943. The van der Waals surface area contributed by atoms with Gasteiger partial charge in [0.25, 0.3) is 5.91 Å². The fourth-order valence-electron chi connectivity index (χ4n) is 1.69. The van der Waals surface area contributed by atoms with Crippen molar-refractivity contribution in [2.45, 2.75) is 6.54 Å². The first-order valence-electron chi connectivity index (χ1n) is 5.96. The zero-order chi connectivity index (χ0) is 14.5. The lowest BCUT2D eigenvalue weighted by atomic mass is 10.2. The summed E-state index contributed by atoms with van der Waals surface area (Å²) in [6, 6.07) is 11.6. The fourth-order valence-corrected chi connectivity index (χ4v) is 2.03. The Morgan fingerprint density at radius 3 is 2.55 bits per heavy atom. The minimum absolute atomic E-state index is 0.0294. The Bertz CT molecular complexity index is 614. The van der Waals surface area contributed by atoms with Crippen LogP contribution < -0.4 is 10.1 Å². The lowest BCUT2D eigenvalue weighted by Crippen LogP contribution is -2.23. The van der Waals surface area contributed by atoms with Gasteiger partial charge in [-0.25, -0.2) is 4.39 Å². The number of methoxy groups -OCH3 is 1. The van der Waals surface area contributed by atoms with Gasteiger partial charge in [0.1, 0.15) is 11.6 Å². The van der Waals surface area contributed by atoms with Gasteiger partial charge in [0, 0.05) is 11.0 Å². The van der Waals surface area contributed by atoms with Crippen LogP contribution in [0.5, 0.6) is 5.75 Å². The molecule has 2 aromatic rings. The maximum atomic E-state index is 13.6. The van der Waals surface area contributed by atoms with Crippen LogP contribution >= 0.6 is 15.9 Å². The van der Waals surface area contributed by atoms with Gasteiger partial charge >= 0.3 is 0 Å². The van der Waals surface area contributed by atoms with Crippen LogP contribution in [0.15, 0.2) is 46.9 Å². The number of carbonyl (C=O) groups excluding carboxylic acids is 1. The molecule has 0 radical (unpaired) electrons. The molecule has 0 bridgehead atoms. The number of benzene rings is 2. The maximum absolute atomic E-state index is 13.6. The molecule has 0 saturated heterocycles. The predicted molar refractivity (Wildman–Crippen MR) is 78.3 cm³/mol. The van der Waals surface area contributed by atoms with E-state index in [1.54, 1.807) is 13.2 Å². The molecular weight excluding hydrogens is 325 g/mol. The van der Waals surface area contributed by atoms with Gasteiger partial charge in [0.2, 0.25) is 0 Å². The predicted octanol–water partition coefficient (Wildman–Crippen LogP) is 3.53.